The molecule has 0 bridgehead atoms. The lowest BCUT2D eigenvalue weighted by atomic mass is 10.0. The minimum Gasteiger partial charge on any atom is -0.339 e. The number of hydrogen-bond donors (Lipinski definition) is 2. The third-order valence-corrected chi connectivity index (χ3v) is 5.09. The van der Waals surface area contributed by atoms with Gasteiger partial charge in [0.2, 0.25) is 11.9 Å². The van der Waals surface area contributed by atoms with Crippen molar-refractivity contribution < 1.29 is 9.59 Å². The van der Waals surface area contributed by atoms with Gasteiger partial charge in [-0.05, 0) is 31.0 Å². The van der Waals surface area contributed by atoms with Crippen molar-refractivity contribution in [2.75, 3.05) is 37.6 Å². The number of anilines is 1. The highest BCUT2D eigenvalue weighted by Crippen LogP contribution is 2.16. The van der Waals surface area contributed by atoms with E-state index in [0.29, 0.717) is 38.7 Å². The maximum atomic E-state index is 12.4. The zero-order valence-corrected chi connectivity index (χ0v) is 17.0. The Morgan fingerprint density at radius 1 is 1.07 bits per heavy atom. The second-order valence-electron chi connectivity index (χ2n) is 7.15. The lowest BCUT2D eigenvalue weighted by molar-refractivity contribution is -0.131. The minimum absolute atomic E-state index is 0.0471. The van der Waals surface area contributed by atoms with E-state index in [4.69, 9.17) is 0 Å². The van der Waals surface area contributed by atoms with Crippen LogP contribution >= 0.6 is 0 Å². The Labute approximate surface area is 171 Å². The molecule has 29 heavy (non-hydrogen) atoms. The molecule has 1 aliphatic heterocycles. The van der Waals surface area contributed by atoms with Gasteiger partial charge in [-0.2, -0.15) is 0 Å². The van der Waals surface area contributed by atoms with Gasteiger partial charge in [0.15, 0.2) is 0 Å². The zero-order chi connectivity index (χ0) is 20.6. The fraction of sp³-hybridized carbons (Fsp3) is 0.429. The van der Waals surface area contributed by atoms with Crippen molar-refractivity contribution in [1.29, 1.82) is 0 Å². The van der Waals surface area contributed by atoms with E-state index in [1.165, 1.54) is 0 Å². The molecule has 3 amide bonds. The number of aryl methyl sites for hydroxylation is 1. The van der Waals surface area contributed by atoms with Crippen LogP contribution in [0, 0.1) is 6.92 Å². The fourth-order valence-electron chi connectivity index (χ4n) is 3.45. The summed E-state index contributed by atoms with van der Waals surface area (Å²) in [6.07, 6.45) is 3.72. The average molecular weight is 396 g/mol. The van der Waals surface area contributed by atoms with Gasteiger partial charge in [-0.3, -0.25) is 4.79 Å². The van der Waals surface area contributed by atoms with Gasteiger partial charge in [0.05, 0.1) is 6.04 Å². The van der Waals surface area contributed by atoms with Gasteiger partial charge in [0.1, 0.15) is 0 Å². The van der Waals surface area contributed by atoms with Gasteiger partial charge < -0.3 is 20.4 Å². The monoisotopic (exact) mass is 396 g/mol. The molecule has 1 unspecified atom stereocenters. The van der Waals surface area contributed by atoms with E-state index in [2.05, 4.69) is 25.5 Å². The predicted molar refractivity (Wildman–Crippen MR) is 112 cm³/mol. The molecule has 0 spiro atoms. The highest BCUT2D eigenvalue weighted by atomic mass is 16.2. The number of piperazine rings is 1. The van der Waals surface area contributed by atoms with E-state index in [-0.39, 0.29) is 24.4 Å². The number of amides is 3. The molecule has 1 aliphatic rings. The van der Waals surface area contributed by atoms with Crippen LogP contribution in [0.15, 0.2) is 42.7 Å². The average Bonchev–Trinajstić information content (AvgIpc) is 2.74. The first kappa shape index (κ1) is 20.6. The molecule has 1 aromatic heterocycles. The van der Waals surface area contributed by atoms with E-state index < -0.39 is 0 Å². The Kier molecular flexibility index (Phi) is 6.99. The number of aromatic nitrogens is 2. The number of nitrogens with zero attached hydrogens (tertiary/aromatic N) is 4. The van der Waals surface area contributed by atoms with Crippen molar-refractivity contribution in [3.8, 4) is 0 Å². The first-order valence-electron chi connectivity index (χ1n) is 9.94. The van der Waals surface area contributed by atoms with Crippen molar-refractivity contribution in [2.45, 2.75) is 26.3 Å². The number of benzene rings is 1. The largest absolute Gasteiger partial charge is 0.339 e. The number of hydrogen-bond acceptors (Lipinski definition) is 5. The summed E-state index contributed by atoms with van der Waals surface area (Å²) in [7, 11) is 0. The molecule has 3 rings (SSSR count). The van der Waals surface area contributed by atoms with Crippen LogP contribution in [0.5, 0.6) is 0 Å². The number of carbonyl (C=O) groups excluding carboxylic acids is 2. The van der Waals surface area contributed by atoms with Crippen LogP contribution in [-0.4, -0.2) is 59.5 Å². The third-order valence-electron chi connectivity index (χ3n) is 5.09. The van der Waals surface area contributed by atoms with Crippen LogP contribution < -0.4 is 15.5 Å². The highest BCUT2D eigenvalue weighted by Gasteiger charge is 2.22. The molecule has 2 heterocycles. The summed E-state index contributed by atoms with van der Waals surface area (Å²) in [5, 5.41) is 5.70. The summed E-state index contributed by atoms with van der Waals surface area (Å²) in [4.78, 5) is 36.9. The summed E-state index contributed by atoms with van der Waals surface area (Å²) in [5.74, 6) is 0.742. The molecule has 2 N–H and O–H groups in total. The molecule has 1 atom stereocenters. The van der Waals surface area contributed by atoms with Gasteiger partial charge >= 0.3 is 6.03 Å². The Hall–Kier alpha value is -3.16. The third kappa shape index (κ3) is 5.66. The molecule has 1 aromatic carbocycles. The standard InChI is InChI=1S/C21H28N6O2/c1-16-6-3-4-7-18(16)17(2)25-21(29)24-11-8-19(28)26-12-14-27(15-13-26)20-22-9-5-10-23-20/h3-7,9-10,17H,8,11-15H2,1-2H3,(H2,24,25,29). The fourth-order valence-corrected chi connectivity index (χ4v) is 3.45. The van der Waals surface area contributed by atoms with Crippen molar-refractivity contribution in [3.05, 3.63) is 53.9 Å². The van der Waals surface area contributed by atoms with Crippen LogP contribution in [0.2, 0.25) is 0 Å². The SMILES string of the molecule is Cc1ccccc1C(C)NC(=O)NCCC(=O)N1CCN(c2ncccn2)CC1. The second-order valence-corrected chi connectivity index (χ2v) is 7.15. The Bertz CT molecular complexity index is 821. The topological polar surface area (TPSA) is 90.5 Å². The Morgan fingerprint density at radius 3 is 2.45 bits per heavy atom. The predicted octanol–water partition coefficient (Wildman–Crippen LogP) is 1.88. The van der Waals surface area contributed by atoms with Crippen molar-refractivity contribution in [3.63, 3.8) is 0 Å². The molecule has 1 saturated heterocycles. The van der Waals surface area contributed by atoms with Crippen LogP contribution in [0.4, 0.5) is 10.7 Å². The molecule has 0 saturated carbocycles. The number of rotatable bonds is 6. The summed E-state index contributed by atoms with van der Waals surface area (Å²) in [6.45, 7) is 6.96. The van der Waals surface area contributed by atoms with Gasteiger partial charge in [-0.1, -0.05) is 24.3 Å². The second kappa shape index (κ2) is 9.86. The molecule has 8 heteroatoms. The summed E-state index contributed by atoms with van der Waals surface area (Å²) in [6, 6.07) is 9.39. The van der Waals surface area contributed by atoms with Gasteiger partial charge in [0.25, 0.3) is 0 Å². The smallest absolute Gasteiger partial charge is 0.315 e. The number of carbonyl (C=O) groups is 2. The van der Waals surface area contributed by atoms with Gasteiger partial charge in [-0.25, -0.2) is 14.8 Å². The van der Waals surface area contributed by atoms with Crippen LogP contribution in [-0.2, 0) is 4.79 Å². The van der Waals surface area contributed by atoms with Gasteiger partial charge in [0, 0.05) is 51.5 Å². The van der Waals surface area contributed by atoms with E-state index in [1.54, 1.807) is 18.5 Å². The first-order valence-corrected chi connectivity index (χ1v) is 9.94. The molecule has 8 nitrogen and oxygen atoms in total. The molecule has 0 radical (unpaired) electrons. The van der Waals surface area contributed by atoms with Crippen LogP contribution in [0.3, 0.4) is 0 Å². The van der Waals surface area contributed by atoms with E-state index in [0.717, 1.165) is 11.1 Å². The lowest BCUT2D eigenvalue weighted by Gasteiger charge is -2.34. The van der Waals surface area contributed by atoms with E-state index in [9.17, 15) is 9.59 Å². The Balaban J connectivity index is 1.37. The quantitative estimate of drug-likeness (QED) is 0.778. The van der Waals surface area contributed by atoms with Crippen LogP contribution in [0.25, 0.3) is 0 Å². The zero-order valence-electron chi connectivity index (χ0n) is 17.0. The maximum absolute atomic E-state index is 12.4. The number of urea groups is 1. The van der Waals surface area contributed by atoms with E-state index >= 15 is 0 Å². The van der Waals surface area contributed by atoms with Crippen LogP contribution in [0.1, 0.15) is 30.5 Å². The van der Waals surface area contributed by atoms with Crippen molar-refractivity contribution in [1.82, 2.24) is 25.5 Å². The van der Waals surface area contributed by atoms with Crippen molar-refractivity contribution >= 4 is 17.9 Å². The molecule has 0 aliphatic carbocycles. The number of nitrogens with one attached hydrogen (secondary N) is 2. The highest BCUT2D eigenvalue weighted by molar-refractivity contribution is 5.78. The first-order chi connectivity index (χ1) is 14.0. The summed E-state index contributed by atoms with van der Waals surface area (Å²) >= 11 is 0. The van der Waals surface area contributed by atoms with Gasteiger partial charge in [-0.15, -0.1) is 0 Å². The molecule has 1 fully saturated rings. The Morgan fingerprint density at radius 2 is 1.76 bits per heavy atom. The molecule has 154 valence electrons. The molecular weight excluding hydrogens is 368 g/mol. The van der Waals surface area contributed by atoms with Crippen molar-refractivity contribution in [2.24, 2.45) is 0 Å². The normalized spacial score (nSPS) is 15.0. The lowest BCUT2D eigenvalue weighted by Crippen LogP contribution is -2.50. The maximum Gasteiger partial charge on any atom is 0.315 e. The van der Waals surface area contributed by atoms with E-state index in [1.807, 2.05) is 43.0 Å². The summed E-state index contributed by atoms with van der Waals surface area (Å²) < 4.78 is 0. The molecule has 2 aromatic rings. The minimum atomic E-state index is -0.264. The summed E-state index contributed by atoms with van der Waals surface area (Å²) in [5.41, 5.74) is 2.22. The molecular formula is C21H28N6O2.